The van der Waals surface area contributed by atoms with E-state index in [9.17, 15) is 4.79 Å². The Labute approximate surface area is 152 Å². The van der Waals surface area contributed by atoms with Gasteiger partial charge in [-0.2, -0.15) is 0 Å². The van der Waals surface area contributed by atoms with Crippen LogP contribution in [0.5, 0.6) is 0 Å². The minimum Gasteiger partial charge on any atom is -0.396 e. The van der Waals surface area contributed by atoms with E-state index < -0.39 is 0 Å². The van der Waals surface area contributed by atoms with E-state index in [1.807, 2.05) is 23.1 Å². The lowest BCUT2D eigenvalue weighted by Gasteiger charge is -2.38. The molecule has 0 saturated carbocycles. The van der Waals surface area contributed by atoms with Crippen molar-refractivity contribution in [1.29, 1.82) is 0 Å². The second-order valence-electron chi connectivity index (χ2n) is 6.49. The summed E-state index contributed by atoms with van der Waals surface area (Å²) in [5, 5.41) is 0.595. The molecular formula is C19H21ClN4O. The molecule has 0 unspecified atom stereocenters. The molecule has 3 rings (SSSR count). The minimum absolute atomic E-state index is 0.0273. The largest absolute Gasteiger partial charge is 0.396 e. The van der Waals surface area contributed by atoms with Crippen molar-refractivity contribution < 1.29 is 4.79 Å². The number of nitrogens with two attached hydrogens (primary N) is 1. The molecule has 1 aromatic carbocycles. The van der Waals surface area contributed by atoms with Crippen molar-refractivity contribution in [1.82, 2.24) is 14.9 Å². The fourth-order valence-corrected chi connectivity index (χ4v) is 3.50. The highest BCUT2D eigenvalue weighted by atomic mass is 35.5. The van der Waals surface area contributed by atoms with Gasteiger partial charge in [-0.3, -0.25) is 4.79 Å². The number of likely N-dealkylation sites (tertiary alicyclic amines) is 1. The van der Waals surface area contributed by atoms with Gasteiger partial charge >= 0.3 is 0 Å². The molecule has 2 N–H and O–H groups in total. The highest BCUT2D eigenvalue weighted by molar-refractivity contribution is 6.31. The first kappa shape index (κ1) is 17.4. The lowest BCUT2D eigenvalue weighted by molar-refractivity contribution is -0.130. The Balaban J connectivity index is 2.01. The quantitative estimate of drug-likeness (QED) is 0.847. The third-order valence-corrected chi connectivity index (χ3v) is 4.78. The number of hydrogen-bond donors (Lipinski definition) is 1. The first-order valence-corrected chi connectivity index (χ1v) is 8.67. The van der Waals surface area contributed by atoms with Crippen LogP contribution in [0.4, 0.5) is 5.69 Å². The number of carbonyl (C=O) groups is 1. The van der Waals surface area contributed by atoms with E-state index in [1.54, 1.807) is 12.4 Å². The highest BCUT2D eigenvalue weighted by Crippen LogP contribution is 2.36. The number of aromatic nitrogens is 2. The summed E-state index contributed by atoms with van der Waals surface area (Å²) in [5.74, 6) is 1.04. The number of hydrogen-bond acceptors (Lipinski definition) is 4. The van der Waals surface area contributed by atoms with E-state index in [-0.39, 0.29) is 11.9 Å². The average molecular weight is 357 g/mol. The summed E-state index contributed by atoms with van der Waals surface area (Å²) in [4.78, 5) is 22.7. The molecule has 0 bridgehead atoms. The lowest BCUT2D eigenvalue weighted by atomic mass is 9.87. The lowest BCUT2D eigenvalue weighted by Crippen LogP contribution is -2.39. The Kier molecular flexibility index (Phi) is 5.04. The summed E-state index contributed by atoms with van der Waals surface area (Å²) >= 11 is 6.34. The number of amides is 1. The van der Waals surface area contributed by atoms with Crippen LogP contribution in [-0.2, 0) is 4.79 Å². The molecule has 25 heavy (non-hydrogen) atoms. The molecule has 1 aliphatic rings. The predicted octanol–water partition coefficient (Wildman–Crippen LogP) is 3.86. The number of rotatable bonds is 3. The smallest absolute Gasteiger partial charge is 0.246 e. The van der Waals surface area contributed by atoms with Gasteiger partial charge in [-0.1, -0.05) is 25.1 Å². The molecule has 1 fully saturated rings. The summed E-state index contributed by atoms with van der Waals surface area (Å²) < 4.78 is 0. The predicted molar refractivity (Wildman–Crippen MR) is 99.9 cm³/mol. The number of nitrogens with zero attached hydrogens (tertiary/aromatic N) is 3. The van der Waals surface area contributed by atoms with Gasteiger partial charge in [0, 0.05) is 17.1 Å². The first-order chi connectivity index (χ1) is 12.0. The van der Waals surface area contributed by atoms with Crippen LogP contribution in [0.2, 0.25) is 5.02 Å². The molecule has 130 valence electrons. The summed E-state index contributed by atoms with van der Waals surface area (Å²) in [6.45, 7) is 6.55. The maximum absolute atomic E-state index is 12.3. The van der Waals surface area contributed by atoms with E-state index in [4.69, 9.17) is 17.3 Å². The van der Waals surface area contributed by atoms with Crippen molar-refractivity contribution in [3.8, 4) is 11.4 Å². The number of piperidine rings is 1. The second-order valence-corrected chi connectivity index (χ2v) is 6.93. The standard InChI is InChI=1S/C19H21ClN4O/c1-3-18(25)24-5-4-12(2)6-17(24)13-7-14(9-15(20)8-13)19-22-10-16(21)11-23-19/h3,7-12,17H,1,4-6,21H2,2H3/t12-,17+/m0/s1. The van der Waals surface area contributed by atoms with E-state index in [1.165, 1.54) is 6.08 Å². The zero-order valence-electron chi connectivity index (χ0n) is 14.2. The summed E-state index contributed by atoms with van der Waals surface area (Å²) in [6, 6.07) is 5.71. The summed E-state index contributed by atoms with van der Waals surface area (Å²) in [7, 11) is 0. The van der Waals surface area contributed by atoms with Crippen LogP contribution in [0.3, 0.4) is 0 Å². The van der Waals surface area contributed by atoms with Gasteiger partial charge in [0.1, 0.15) is 0 Å². The van der Waals surface area contributed by atoms with Crippen LogP contribution < -0.4 is 5.73 Å². The number of halogens is 1. The monoisotopic (exact) mass is 356 g/mol. The molecule has 0 spiro atoms. The third-order valence-electron chi connectivity index (χ3n) is 4.56. The Morgan fingerprint density at radius 1 is 1.36 bits per heavy atom. The molecule has 1 aromatic heterocycles. The van der Waals surface area contributed by atoms with Crippen molar-refractivity contribution in [2.45, 2.75) is 25.8 Å². The fourth-order valence-electron chi connectivity index (χ4n) is 3.26. The van der Waals surface area contributed by atoms with Gasteiger partial charge in [-0.05, 0) is 48.6 Å². The van der Waals surface area contributed by atoms with E-state index in [2.05, 4.69) is 23.5 Å². The average Bonchev–Trinajstić information content (AvgIpc) is 2.61. The molecule has 2 atom stereocenters. The van der Waals surface area contributed by atoms with Crippen LogP contribution in [0, 0.1) is 5.92 Å². The van der Waals surface area contributed by atoms with Crippen LogP contribution >= 0.6 is 11.6 Å². The van der Waals surface area contributed by atoms with E-state index >= 15 is 0 Å². The van der Waals surface area contributed by atoms with Gasteiger partial charge in [-0.25, -0.2) is 9.97 Å². The van der Waals surface area contributed by atoms with Crippen molar-refractivity contribution >= 4 is 23.2 Å². The Hall–Kier alpha value is -2.40. The number of anilines is 1. The van der Waals surface area contributed by atoms with Gasteiger partial charge in [-0.15, -0.1) is 0 Å². The van der Waals surface area contributed by atoms with Crippen molar-refractivity contribution in [3.63, 3.8) is 0 Å². The Morgan fingerprint density at radius 2 is 2.08 bits per heavy atom. The molecule has 1 amide bonds. The molecule has 6 heteroatoms. The Bertz CT molecular complexity index is 791. The summed E-state index contributed by atoms with van der Waals surface area (Å²) in [6.07, 6.45) is 6.39. The molecule has 1 saturated heterocycles. The maximum atomic E-state index is 12.3. The molecule has 2 heterocycles. The molecule has 2 aromatic rings. The fraction of sp³-hybridized carbons (Fsp3) is 0.316. The number of benzene rings is 1. The van der Waals surface area contributed by atoms with Gasteiger partial charge in [0.2, 0.25) is 5.91 Å². The second kappa shape index (κ2) is 7.23. The van der Waals surface area contributed by atoms with Crippen LogP contribution in [0.1, 0.15) is 31.4 Å². The number of nitrogen functional groups attached to an aromatic ring is 1. The van der Waals surface area contributed by atoms with Gasteiger partial charge in [0.15, 0.2) is 5.82 Å². The third kappa shape index (κ3) is 3.82. The van der Waals surface area contributed by atoms with Crippen molar-refractivity contribution in [2.24, 2.45) is 5.92 Å². The van der Waals surface area contributed by atoms with Gasteiger partial charge in [0.25, 0.3) is 0 Å². The molecule has 1 aliphatic heterocycles. The summed E-state index contributed by atoms with van der Waals surface area (Å²) in [5.41, 5.74) is 7.97. The highest BCUT2D eigenvalue weighted by Gasteiger charge is 2.30. The maximum Gasteiger partial charge on any atom is 0.246 e. The van der Waals surface area contributed by atoms with E-state index in [0.29, 0.717) is 22.5 Å². The minimum atomic E-state index is -0.0536. The Morgan fingerprint density at radius 3 is 2.76 bits per heavy atom. The van der Waals surface area contributed by atoms with E-state index in [0.717, 1.165) is 30.5 Å². The first-order valence-electron chi connectivity index (χ1n) is 8.29. The zero-order valence-corrected chi connectivity index (χ0v) is 14.9. The van der Waals surface area contributed by atoms with Gasteiger partial charge < -0.3 is 10.6 Å². The van der Waals surface area contributed by atoms with Crippen LogP contribution in [0.15, 0.2) is 43.2 Å². The number of carbonyl (C=O) groups excluding carboxylic acids is 1. The topological polar surface area (TPSA) is 72.1 Å². The van der Waals surface area contributed by atoms with Crippen LogP contribution in [0.25, 0.3) is 11.4 Å². The molecule has 0 radical (unpaired) electrons. The SMILES string of the molecule is C=CC(=O)N1CC[C@H](C)C[C@@H]1c1cc(Cl)cc(-c2ncc(N)cn2)c1. The molecular weight excluding hydrogens is 336 g/mol. The normalized spacial score (nSPS) is 20.3. The van der Waals surface area contributed by atoms with Gasteiger partial charge in [0.05, 0.1) is 24.1 Å². The molecule has 5 nitrogen and oxygen atoms in total. The zero-order chi connectivity index (χ0) is 18.0. The van der Waals surface area contributed by atoms with Crippen LogP contribution in [-0.4, -0.2) is 27.3 Å². The molecule has 0 aliphatic carbocycles. The van der Waals surface area contributed by atoms with Crippen molar-refractivity contribution in [3.05, 3.63) is 53.8 Å². The van der Waals surface area contributed by atoms with Crippen molar-refractivity contribution in [2.75, 3.05) is 12.3 Å².